The fourth-order valence-electron chi connectivity index (χ4n) is 4.26. The van der Waals surface area contributed by atoms with Crippen LogP contribution >= 0.6 is 0 Å². The number of hydrogen-bond acceptors (Lipinski definition) is 5. The van der Waals surface area contributed by atoms with Crippen molar-refractivity contribution in [1.82, 2.24) is 9.71 Å². The maximum atomic E-state index is 13.2. The second-order valence-electron chi connectivity index (χ2n) is 8.49. The third-order valence-electron chi connectivity index (χ3n) is 6.11. The maximum absolute atomic E-state index is 13.2. The van der Waals surface area contributed by atoms with E-state index in [4.69, 9.17) is 9.47 Å². The van der Waals surface area contributed by atoms with Crippen molar-refractivity contribution in [3.05, 3.63) is 84.1 Å². The van der Waals surface area contributed by atoms with E-state index in [1.54, 1.807) is 12.1 Å². The summed E-state index contributed by atoms with van der Waals surface area (Å²) in [6, 6.07) is 21.0. The maximum Gasteiger partial charge on any atom is 0.240 e. The highest BCUT2D eigenvalue weighted by molar-refractivity contribution is 7.89. The summed E-state index contributed by atoms with van der Waals surface area (Å²) in [6.07, 6.45) is 1.97. The summed E-state index contributed by atoms with van der Waals surface area (Å²) >= 11 is 0. The van der Waals surface area contributed by atoms with Crippen molar-refractivity contribution in [1.29, 1.82) is 0 Å². The first kappa shape index (κ1) is 22.3. The van der Waals surface area contributed by atoms with Crippen LogP contribution in [-0.4, -0.2) is 47.3 Å². The second kappa shape index (κ2) is 9.04. The molecule has 5 rings (SSSR count). The molecule has 2 N–H and O–H groups in total. The second-order valence-corrected chi connectivity index (χ2v) is 10.3. The van der Waals surface area contributed by atoms with Gasteiger partial charge in [0, 0.05) is 55.4 Å². The summed E-state index contributed by atoms with van der Waals surface area (Å²) in [5, 5.41) is 1.07. The minimum Gasteiger partial charge on any atom is -0.486 e. The van der Waals surface area contributed by atoms with Crippen LogP contribution in [0, 0.1) is 0 Å². The van der Waals surface area contributed by atoms with E-state index in [2.05, 4.69) is 27.9 Å². The van der Waals surface area contributed by atoms with Crippen molar-refractivity contribution < 1.29 is 17.9 Å². The van der Waals surface area contributed by atoms with Gasteiger partial charge in [0.2, 0.25) is 10.0 Å². The van der Waals surface area contributed by atoms with Crippen molar-refractivity contribution in [2.45, 2.75) is 10.8 Å². The number of sulfonamides is 1. The molecule has 0 aliphatic carbocycles. The number of benzene rings is 3. The molecule has 7 nitrogen and oxygen atoms in total. The Bertz CT molecular complexity index is 1410. The van der Waals surface area contributed by atoms with E-state index in [0.29, 0.717) is 24.7 Å². The van der Waals surface area contributed by atoms with E-state index in [9.17, 15) is 8.42 Å². The molecule has 3 aromatic carbocycles. The summed E-state index contributed by atoms with van der Waals surface area (Å²) in [7, 11) is 0.221. The summed E-state index contributed by atoms with van der Waals surface area (Å²) in [4.78, 5) is 5.50. The number of rotatable bonds is 7. The average Bonchev–Trinajstić information content (AvgIpc) is 3.28. The molecule has 176 valence electrons. The van der Waals surface area contributed by atoms with E-state index in [1.807, 2.05) is 55.5 Å². The summed E-state index contributed by atoms with van der Waals surface area (Å²) in [6.45, 7) is 1.06. The molecular formula is C26H27N3O4S. The van der Waals surface area contributed by atoms with Crippen molar-refractivity contribution in [2.75, 3.05) is 38.8 Å². The van der Waals surface area contributed by atoms with Gasteiger partial charge in [-0.05, 0) is 41.5 Å². The first-order valence-corrected chi connectivity index (χ1v) is 12.6. The Morgan fingerprint density at radius 3 is 2.47 bits per heavy atom. The molecule has 0 spiro atoms. The lowest BCUT2D eigenvalue weighted by atomic mass is 9.91. The SMILES string of the molecule is CN(C)c1ccc(C(CNS(=O)(=O)c2ccc3c(c2)OCCO3)c2c[nH]c3ccccc23)cc1. The molecule has 1 aliphatic rings. The topological polar surface area (TPSA) is 83.7 Å². The highest BCUT2D eigenvalue weighted by Gasteiger charge is 2.24. The number of nitrogens with zero attached hydrogens (tertiary/aromatic N) is 1. The quantitative estimate of drug-likeness (QED) is 0.419. The van der Waals surface area contributed by atoms with Crippen LogP contribution in [0.25, 0.3) is 10.9 Å². The van der Waals surface area contributed by atoms with Gasteiger partial charge in [-0.1, -0.05) is 30.3 Å². The van der Waals surface area contributed by atoms with E-state index >= 15 is 0 Å². The summed E-state index contributed by atoms with van der Waals surface area (Å²) in [5.41, 5.74) is 4.17. The Labute approximate surface area is 199 Å². The highest BCUT2D eigenvalue weighted by atomic mass is 32.2. The third-order valence-corrected chi connectivity index (χ3v) is 7.53. The smallest absolute Gasteiger partial charge is 0.240 e. The molecule has 8 heteroatoms. The van der Waals surface area contributed by atoms with Gasteiger partial charge in [0.1, 0.15) is 13.2 Å². The molecule has 1 aliphatic heterocycles. The van der Waals surface area contributed by atoms with Crippen LogP contribution in [0.4, 0.5) is 5.69 Å². The molecular weight excluding hydrogens is 450 g/mol. The number of aromatic nitrogens is 1. The molecule has 0 bridgehead atoms. The minimum absolute atomic E-state index is 0.150. The fraction of sp³-hybridized carbons (Fsp3) is 0.231. The van der Waals surface area contributed by atoms with E-state index in [0.717, 1.165) is 27.7 Å². The Hall–Kier alpha value is -3.49. The zero-order valence-corrected chi connectivity index (χ0v) is 19.9. The zero-order chi connectivity index (χ0) is 23.7. The molecule has 0 radical (unpaired) electrons. The first-order valence-electron chi connectivity index (χ1n) is 11.1. The van der Waals surface area contributed by atoms with Crippen LogP contribution in [0.5, 0.6) is 11.5 Å². The molecule has 1 unspecified atom stereocenters. The van der Waals surface area contributed by atoms with Crippen molar-refractivity contribution in [3.63, 3.8) is 0 Å². The van der Waals surface area contributed by atoms with Crippen LogP contribution in [0.15, 0.2) is 77.8 Å². The van der Waals surface area contributed by atoms with Crippen molar-refractivity contribution in [3.8, 4) is 11.5 Å². The number of hydrogen-bond donors (Lipinski definition) is 2. The Morgan fingerprint density at radius 2 is 1.71 bits per heavy atom. The summed E-state index contributed by atoms with van der Waals surface area (Å²) < 4.78 is 40.3. The minimum atomic E-state index is -3.77. The number of nitrogens with one attached hydrogen (secondary N) is 2. The molecule has 4 aromatic rings. The van der Waals surface area contributed by atoms with Gasteiger partial charge < -0.3 is 19.4 Å². The Balaban J connectivity index is 1.47. The average molecular weight is 478 g/mol. The van der Waals surface area contributed by atoms with Gasteiger partial charge in [0.15, 0.2) is 11.5 Å². The summed E-state index contributed by atoms with van der Waals surface area (Å²) in [5.74, 6) is 0.823. The Kier molecular flexibility index (Phi) is 5.93. The Morgan fingerprint density at radius 1 is 0.971 bits per heavy atom. The van der Waals surface area contributed by atoms with Gasteiger partial charge in [-0.25, -0.2) is 13.1 Å². The number of H-pyrrole nitrogens is 1. The molecule has 0 amide bonds. The lowest BCUT2D eigenvalue weighted by Crippen LogP contribution is -2.29. The van der Waals surface area contributed by atoms with E-state index < -0.39 is 10.0 Å². The lowest BCUT2D eigenvalue weighted by molar-refractivity contribution is 0.171. The van der Waals surface area contributed by atoms with Gasteiger partial charge >= 0.3 is 0 Å². The van der Waals surface area contributed by atoms with Gasteiger partial charge in [0.05, 0.1) is 4.90 Å². The predicted molar refractivity (Wildman–Crippen MR) is 134 cm³/mol. The molecule has 2 heterocycles. The first-order chi connectivity index (χ1) is 16.4. The number of aromatic amines is 1. The zero-order valence-electron chi connectivity index (χ0n) is 19.1. The van der Waals surface area contributed by atoms with Gasteiger partial charge in [0.25, 0.3) is 0 Å². The number of para-hydroxylation sites is 1. The number of fused-ring (bicyclic) bond motifs is 2. The third kappa shape index (κ3) is 4.34. The van der Waals surface area contributed by atoms with Crippen LogP contribution in [0.3, 0.4) is 0 Å². The van der Waals surface area contributed by atoms with E-state index in [1.165, 1.54) is 6.07 Å². The highest BCUT2D eigenvalue weighted by Crippen LogP contribution is 2.34. The molecule has 0 saturated heterocycles. The van der Waals surface area contributed by atoms with Crippen molar-refractivity contribution >= 4 is 26.6 Å². The molecule has 0 fully saturated rings. The van der Waals surface area contributed by atoms with Crippen molar-refractivity contribution in [2.24, 2.45) is 0 Å². The van der Waals surface area contributed by atoms with Crippen LogP contribution < -0.4 is 19.1 Å². The largest absolute Gasteiger partial charge is 0.486 e. The van der Waals surface area contributed by atoms with Gasteiger partial charge in [-0.3, -0.25) is 0 Å². The van der Waals surface area contributed by atoms with Crippen LogP contribution in [0.2, 0.25) is 0 Å². The molecule has 1 aromatic heterocycles. The molecule has 1 atom stereocenters. The number of ether oxygens (including phenoxy) is 2. The van der Waals surface area contributed by atoms with Gasteiger partial charge in [-0.15, -0.1) is 0 Å². The van der Waals surface area contributed by atoms with Gasteiger partial charge in [-0.2, -0.15) is 0 Å². The normalized spacial score (nSPS) is 14.2. The molecule has 34 heavy (non-hydrogen) atoms. The standard InChI is InChI=1S/C26H27N3O4S/c1-29(2)19-9-7-18(8-10-19)22(23-16-27-24-6-4-3-5-21(23)24)17-28-34(30,31)20-11-12-25-26(15-20)33-14-13-32-25/h3-12,15-16,22,27-28H,13-14,17H2,1-2H3. The lowest BCUT2D eigenvalue weighted by Gasteiger charge is -2.21. The van der Waals surface area contributed by atoms with E-state index in [-0.39, 0.29) is 17.4 Å². The predicted octanol–water partition coefficient (Wildman–Crippen LogP) is 4.12. The van der Waals surface area contributed by atoms with Crippen LogP contribution in [0.1, 0.15) is 17.0 Å². The fourth-order valence-corrected chi connectivity index (χ4v) is 5.32. The molecule has 0 saturated carbocycles. The monoisotopic (exact) mass is 477 g/mol. The van der Waals surface area contributed by atoms with Crippen LogP contribution in [-0.2, 0) is 10.0 Å². The number of anilines is 1.